The van der Waals surface area contributed by atoms with Gasteiger partial charge in [-0.25, -0.2) is 0 Å². The van der Waals surface area contributed by atoms with Crippen LogP contribution in [0, 0.1) is 0 Å². The fourth-order valence-electron chi connectivity index (χ4n) is 4.20. The Morgan fingerprint density at radius 1 is 1.30 bits per heavy atom. The lowest BCUT2D eigenvalue weighted by Gasteiger charge is -2.35. The molecule has 1 aromatic carbocycles. The molecule has 1 aliphatic carbocycles. The monoisotopic (exact) mass is 436 g/mol. The van der Waals surface area contributed by atoms with E-state index < -0.39 is 5.54 Å². The molecule has 1 atom stereocenters. The first kappa shape index (κ1) is 20.2. The zero-order valence-corrected chi connectivity index (χ0v) is 17.8. The maximum Gasteiger partial charge on any atom is 0.245 e. The van der Waals surface area contributed by atoms with Crippen LogP contribution in [0.5, 0.6) is 5.75 Å². The average Bonchev–Trinajstić information content (AvgIpc) is 2.82. The molecule has 0 aromatic heterocycles. The molecule has 27 heavy (non-hydrogen) atoms. The molecule has 6 heteroatoms. The standard InChI is InChI=1S/C21H29BrN2O3/c1-21(20(26)23-17-7-5-3-4-6-8-17)12-11-19(25)24(21)14-15-13-16(22)9-10-18(15)27-2/h9-10,13,17H,3-8,11-12,14H2,1-2H3,(H,23,26). The van der Waals surface area contributed by atoms with Crippen molar-refractivity contribution in [1.82, 2.24) is 10.2 Å². The summed E-state index contributed by atoms with van der Waals surface area (Å²) in [5.41, 5.74) is 0.0899. The second-order valence-corrected chi connectivity index (χ2v) is 8.79. The van der Waals surface area contributed by atoms with Gasteiger partial charge in [0.25, 0.3) is 0 Å². The molecule has 2 aliphatic rings. The van der Waals surface area contributed by atoms with Gasteiger partial charge in [0.15, 0.2) is 0 Å². The summed E-state index contributed by atoms with van der Waals surface area (Å²) in [5, 5.41) is 3.24. The van der Waals surface area contributed by atoms with Crippen molar-refractivity contribution in [2.45, 2.75) is 76.4 Å². The molecule has 5 nitrogen and oxygen atoms in total. The molecular formula is C21H29BrN2O3. The van der Waals surface area contributed by atoms with Crippen LogP contribution in [-0.4, -0.2) is 35.4 Å². The van der Waals surface area contributed by atoms with E-state index in [4.69, 9.17) is 4.74 Å². The van der Waals surface area contributed by atoms with Gasteiger partial charge in [-0.05, 0) is 44.4 Å². The first-order chi connectivity index (χ1) is 12.9. The molecule has 0 spiro atoms. The van der Waals surface area contributed by atoms with Crippen LogP contribution in [0.25, 0.3) is 0 Å². The van der Waals surface area contributed by atoms with Gasteiger partial charge in [0.1, 0.15) is 11.3 Å². The number of carbonyl (C=O) groups excluding carboxylic acids is 2. The lowest BCUT2D eigenvalue weighted by Crippen LogP contribution is -2.56. The third-order valence-corrected chi connectivity index (χ3v) is 6.47. The Bertz CT molecular complexity index is 701. The van der Waals surface area contributed by atoms with E-state index in [9.17, 15) is 9.59 Å². The highest BCUT2D eigenvalue weighted by atomic mass is 79.9. The number of ether oxygens (including phenoxy) is 1. The third kappa shape index (κ3) is 4.48. The highest BCUT2D eigenvalue weighted by molar-refractivity contribution is 9.10. The Morgan fingerprint density at radius 2 is 2.00 bits per heavy atom. The summed E-state index contributed by atoms with van der Waals surface area (Å²) in [5.74, 6) is 0.731. The van der Waals surface area contributed by atoms with E-state index in [-0.39, 0.29) is 17.9 Å². The smallest absolute Gasteiger partial charge is 0.245 e. The lowest BCUT2D eigenvalue weighted by molar-refractivity contribution is -0.141. The van der Waals surface area contributed by atoms with Crippen LogP contribution in [-0.2, 0) is 16.1 Å². The highest BCUT2D eigenvalue weighted by Gasteiger charge is 2.47. The van der Waals surface area contributed by atoms with E-state index >= 15 is 0 Å². The van der Waals surface area contributed by atoms with Crippen molar-refractivity contribution >= 4 is 27.7 Å². The molecule has 2 fully saturated rings. The normalized spacial score (nSPS) is 24.0. The number of likely N-dealkylation sites (tertiary alicyclic amines) is 1. The first-order valence-electron chi connectivity index (χ1n) is 9.88. The van der Waals surface area contributed by atoms with Crippen LogP contribution < -0.4 is 10.1 Å². The van der Waals surface area contributed by atoms with Gasteiger partial charge in [0.05, 0.1) is 13.7 Å². The Kier molecular flexibility index (Phi) is 6.45. The molecule has 3 rings (SSSR count). The van der Waals surface area contributed by atoms with Crippen LogP contribution in [0.1, 0.15) is 63.9 Å². The fraction of sp³-hybridized carbons (Fsp3) is 0.619. The van der Waals surface area contributed by atoms with Gasteiger partial charge in [-0.15, -0.1) is 0 Å². The number of nitrogens with zero attached hydrogens (tertiary/aromatic N) is 1. The average molecular weight is 437 g/mol. The van der Waals surface area contributed by atoms with Gasteiger partial charge >= 0.3 is 0 Å². The van der Waals surface area contributed by atoms with E-state index in [0.29, 0.717) is 19.4 Å². The molecular weight excluding hydrogens is 408 g/mol. The highest BCUT2D eigenvalue weighted by Crippen LogP contribution is 2.35. The van der Waals surface area contributed by atoms with Gasteiger partial charge in [-0.3, -0.25) is 9.59 Å². The van der Waals surface area contributed by atoms with E-state index in [1.807, 2.05) is 25.1 Å². The van der Waals surface area contributed by atoms with Crippen molar-refractivity contribution < 1.29 is 14.3 Å². The first-order valence-corrected chi connectivity index (χ1v) is 10.7. The summed E-state index contributed by atoms with van der Waals surface area (Å²) >= 11 is 3.48. The number of hydrogen-bond acceptors (Lipinski definition) is 3. The number of methoxy groups -OCH3 is 1. The van der Waals surface area contributed by atoms with Crippen LogP contribution >= 0.6 is 15.9 Å². The van der Waals surface area contributed by atoms with E-state index in [1.54, 1.807) is 12.0 Å². The van der Waals surface area contributed by atoms with Crippen molar-refractivity contribution in [1.29, 1.82) is 0 Å². The van der Waals surface area contributed by atoms with Gasteiger partial charge in [-0.1, -0.05) is 41.6 Å². The minimum atomic E-state index is -0.809. The van der Waals surface area contributed by atoms with Gasteiger partial charge < -0.3 is 15.0 Å². The van der Waals surface area contributed by atoms with Crippen molar-refractivity contribution in [3.63, 3.8) is 0 Å². The molecule has 1 saturated carbocycles. The molecule has 1 aliphatic heterocycles. The molecule has 1 unspecified atom stereocenters. The van der Waals surface area contributed by atoms with Crippen LogP contribution in [0.15, 0.2) is 22.7 Å². The summed E-state index contributed by atoms with van der Waals surface area (Å²) in [7, 11) is 1.62. The van der Waals surface area contributed by atoms with E-state index in [2.05, 4.69) is 21.2 Å². The maximum atomic E-state index is 13.2. The molecule has 1 heterocycles. The second-order valence-electron chi connectivity index (χ2n) is 7.87. The van der Waals surface area contributed by atoms with E-state index in [1.165, 1.54) is 25.7 Å². The topological polar surface area (TPSA) is 58.6 Å². The molecule has 1 N–H and O–H groups in total. The number of benzene rings is 1. The summed E-state index contributed by atoms with van der Waals surface area (Å²) in [6.07, 6.45) is 7.86. The molecule has 0 radical (unpaired) electrons. The number of nitrogens with one attached hydrogen (secondary N) is 1. The Hall–Kier alpha value is -1.56. The summed E-state index contributed by atoms with van der Waals surface area (Å²) in [4.78, 5) is 27.5. The Labute approximate surface area is 170 Å². The van der Waals surface area contributed by atoms with Crippen LogP contribution in [0.3, 0.4) is 0 Å². The number of hydrogen-bond donors (Lipinski definition) is 1. The minimum Gasteiger partial charge on any atom is -0.496 e. The zero-order chi connectivity index (χ0) is 19.4. The SMILES string of the molecule is COc1ccc(Br)cc1CN1C(=O)CCC1(C)C(=O)NC1CCCCCC1. The summed E-state index contributed by atoms with van der Waals surface area (Å²) in [6.45, 7) is 2.27. The predicted octanol–water partition coefficient (Wildman–Crippen LogP) is 4.18. The zero-order valence-electron chi connectivity index (χ0n) is 16.2. The number of halogens is 1. The Morgan fingerprint density at radius 3 is 2.67 bits per heavy atom. The molecule has 0 bridgehead atoms. The van der Waals surface area contributed by atoms with Crippen molar-refractivity contribution in [3.05, 3.63) is 28.2 Å². The van der Waals surface area contributed by atoms with Gasteiger partial charge in [-0.2, -0.15) is 0 Å². The number of rotatable bonds is 5. The molecule has 1 aromatic rings. The molecule has 148 valence electrons. The summed E-state index contributed by atoms with van der Waals surface area (Å²) in [6, 6.07) is 5.97. The van der Waals surface area contributed by atoms with Crippen molar-refractivity contribution in [2.75, 3.05) is 7.11 Å². The lowest BCUT2D eigenvalue weighted by atomic mass is 9.95. The van der Waals surface area contributed by atoms with E-state index in [0.717, 1.165) is 28.6 Å². The predicted molar refractivity (Wildman–Crippen MR) is 109 cm³/mol. The maximum absolute atomic E-state index is 13.2. The minimum absolute atomic E-state index is 0.0192. The van der Waals surface area contributed by atoms with Crippen molar-refractivity contribution in [3.8, 4) is 5.75 Å². The van der Waals surface area contributed by atoms with Crippen LogP contribution in [0.2, 0.25) is 0 Å². The largest absolute Gasteiger partial charge is 0.496 e. The van der Waals surface area contributed by atoms with Crippen LogP contribution in [0.4, 0.5) is 0 Å². The second kappa shape index (κ2) is 8.63. The molecule has 1 saturated heterocycles. The van der Waals surface area contributed by atoms with Gasteiger partial charge in [0, 0.05) is 22.5 Å². The third-order valence-electron chi connectivity index (χ3n) is 5.97. The van der Waals surface area contributed by atoms with Gasteiger partial charge in [0.2, 0.25) is 11.8 Å². The fourth-order valence-corrected chi connectivity index (χ4v) is 4.61. The molecule has 2 amide bonds. The quantitative estimate of drug-likeness (QED) is 0.704. The number of amides is 2. The number of carbonyl (C=O) groups is 2. The van der Waals surface area contributed by atoms with Crippen molar-refractivity contribution in [2.24, 2.45) is 0 Å². The Balaban J connectivity index is 1.78. The summed E-state index contributed by atoms with van der Waals surface area (Å²) < 4.78 is 6.38.